The van der Waals surface area contributed by atoms with Crippen LogP contribution >= 0.6 is 11.6 Å². The maximum absolute atomic E-state index is 12.1. The molecule has 0 heterocycles. The second-order valence-corrected chi connectivity index (χ2v) is 7.82. The van der Waals surface area contributed by atoms with Crippen LogP contribution in [0, 0.1) is 6.92 Å². The van der Waals surface area contributed by atoms with Gasteiger partial charge in [0.05, 0.1) is 10.5 Å². The molecule has 1 amide bonds. The normalized spacial score (nSPS) is 11.1. The molecule has 2 aromatic rings. The van der Waals surface area contributed by atoms with Gasteiger partial charge in [-0.15, -0.1) is 0 Å². The first-order valence-corrected chi connectivity index (χ1v) is 9.91. The molecule has 7 nitrogen and oxygen atoms in total. The maximum Gasteiger partial charge on any atom is 0.338 e. The summed E-state index contributed by atoms with van der Waals surface area (Å²) < 4.78 is 27.7. The Morgan fingerprint density at radius 1 is 1.15 bits per heavy atom. The van der Waals surface area contributed by atoms with Crippen LogP contribution in [0.3, 0.4) is 0 Å². The molecule has 2 rings (SSSR count). The van der Waals surface area contributed by atoms with Gasteiger partial charge in [-0.2, -0.15) is 0 Å². The zero-order valence-corrected chi connectivity index (χ0v) is 16.1. The maximum atomic E-state index is 12.1. The van der Waals surface area contributed by atoms with Crippen molar-refractivity contribution in [2.45, 2.75) is 18.2 Å². The van der Waals surface area contributed by atoms with Crippen LogP contribution in [-0.2, 0) is 26.0 Å². The summed E-state index contributed by atoms with van der Waals surface area (Å²) in [5.74, 6) is -1.26. The van der Waals surface area contributed by atoms with E-state index >= 15 is 0 Å². The number of aryl methyl sites for hydroxylation is 1. The average Bonchev–Trinajstić information content (AvgIpc) is 2.60. The summed E-state index contributed by atoms with van der Waals surface area (Å²) in [6.45, 7) is 1.52. The van der Waals surface area contributed by atoms with Crippen LogP contribution < -0.4 is 10.5 Å². The number of carbonyl (C=O) groups excluding carboxylic acids is 2. The summed E-state index contributed by atoms with van der Waals surface area (Å²) in [4.78, 5) is 23.7. The number of carbonyl (C=O) groups is 2. The second kappa shape index (κ2) is 8.98. The van der Waals surface area contributed by atoms with Crippen molar-refractivity contribution in [1.82, 2.24) is 5.32 Å². The van der Waals surface area contributed by atoms with Crippen molar-refractivity contribution in [1.29, 1.82) is 0 Å². The quantitative estimate of drug-likeness (QED) is 0.675. The van der Waals surface area contributed by atoms with Crippen molar-refractivity contribution in [2.75, 3.05) is 13.2 Å². The highest BCUT2D eigenvalue weighted by atomic mass is 35.5. The van der Waals surface area contributed by atoms with Crippen LogP contribution in [0.5, 0.6) is 0 Å². The molecule has 0 fully saturated rings. The lowest BCUT2D eigenvalue weighted by atomic mass is 10.1. The highest BCUT2D eigenvalue weighted by Gasteiger charge is 2.17. The second-order valence-electron chi connectivity index (χ2n) is 5.82. The average molecular weight is 411 g/mol. The fraction of sp³-hybridized carbons (Fsp3) is 0.222. The molecule has 0 saturated carbocycles. The van der Waals surface area contributed by atoms with Gasteiger partial charge in [0.1, 0.15) is 0 Å². The Kier molecular flexibility index (Phi) is 6.95. The number of amides is 1. The number of sulfonamides is 1. The Labute approximate surface area is 162 Å². The van der Waals surface area contributed by atoms with Crippen molar-refractivity contribution >= 4 is 33.5 Å². The zero-order valence-electron chi connectivity index (χ0n) is 14.6. The SMILES string of the molecule is Cc1ccc(S(N)(=O)=O)cc1C(=O)OCC(=O)NCCc1ccc(Cl)cc1. The number of halogens is 1. The molecule has 0 aliphatic heterocycles. The molecule has 0 atom stereocenters. The number of benzene rings is 2. The zero-order chi connectivity index (χ0) is 20.0. The van der Waals surface area contributed by atoms with Gasteiger partial charge in [-0.05, 0) is 48.7 Å². The van der Waals surface area contributed by atoms with Crippen molar-refractivity contribution in [2.24, 2.45) is 5.14 Å². The molecular formula is C18H19ClN2O5S. The minimum atomic E-state index is -3.94. The molecule has 0 aliphatic carbocycles. The third kappa shape index (κ3) is 6.35. The van der Waals surface area contributed by atoms with Gasteiger partial charge < -0.3 is 10.1 Å². The third-order valence-corrected chi connectivity index (χ3v) is 4.90. The van der Waals surface area contributed by atoms with Gasteiger partial charge in [-0.3, -0.25) is 4.79 Å². The van der Waals surface area contributed by atoms with E-state index in [9.17, 15) is 18.0 Å². The monoisotopic (exact) mass is 410 g/mol. The fourth-order valence-corrected chi connectivity index (χ4v) is 2.92. The van der Waals surface area contributed by atoms with Crippen LogP contribution in [0.2, 0.25) is 5.02 Å². The van der Waals surface area contributed by atoms with Gasteiger partial charge in [0, 0.05) is 11.6 Å². The molecule has 0 unspecified atom stereocenters. The Balaban J connectivity index is 1.86. The first kappa shape index (κ1) is 20.9. The molecule has 0 radical (unpaired) electrons. The van der Waals surface area contributed by atoms with E-state index in [1.165, 1.54) is 12.1 Å². The number of hydrogen-bond acceptors (Lipinski definition) is 5. The summed E-state index contributed by atoms with van der Waals surface area (Å²) in [6.07, 6.45) is 0.604. The van der Waals surface area contributed by atoms with E-state index in [-0.39, 0.29) is 10.5 Å². The number of esters is 1. The molecule has 3 N–H and O–H groups in total. The fourth-order valence-electron chi connectivity index (χ4n) is 2.26. The van der Waals surface area contributed by atoms with E-state index in [4.69, 9.17) is 21.5 Å². The summed E-state index contributed by atoms with van der Waals surface area (Å²) in [5.41, 5.74) is 1.55. The van der Waals surface area contributed by atoms with Crippen LogP contribution in [0.15, 0.2) is 47.4 Å². The van der Waals surface area contributed by atoms with E-state index in [2.05, 4.69) is 5.32 Å². The van der Waals surface area contributed by atoms with Crippen molar-refractivity contribution in [3.63, 3.8) is 0 Å². The Morgan fingerprint density at radius 2 is 1.81 bits per heavy atom. The lowest BCUT2D eigenvalue weighted by Crippen LogP contribution is -2.30. The molecule has 0 bridgehead atoms. The Bertz CT molecular complexity index is 943. The first-order valence-electron chi connectivity index (χ1n) is 7.98. The number of ether oxygens (including phenoxy) is 1. The molecule has 0 saturated heterocycles. The summed E-state index contributed by atoms with van der Waals surface area (Å²) >= 11 is 5.80. The lowest BCUT2D eigenvalue weighted by molar-refractivity contribution is -0.124. The molecule has 144 valence electrons. The number of nitrogens with one attached hydrogen (secondary N) is 1. The number of hydrogen-bond donors (Lipinski definition) is 2. The Morgan fingerprint density at radius 3 is 2.44 bits per heavy atom. The lowest BCUT2D eigenvalue weighted by Gasteiger charge is -2.09. The number of nitrogens with two attached hydrogens (primary N) is 1. The summed E-state index contributed by atoms with van der Waals surface area (Å²) in [6, 6.07) is 11.1. The standard InChI is InChI=1S/C18H19ClN2O5S/c1-12-2-7-15(27(20,24)25)10-16(12)18(23)26-11-17(22)21-9-8-13-3-5-14(19)6-4-13/h2-7,10H,8-9,11H2,1H3,(H,21,22)(H2,20,24,25). The smallest absolute Gasteiger partial charge is 0.338 e. The summed E-state index contributed by atoms with van der Waals surface area (Å²) in [5, 5.41) is 8.33. The van der Waals surface area contributed by atoms with E-state index < -0.39 is 28.5 Å². The predicted molar refractivity (Wildman–Crippen MR) is 101 cm³/mol. The van der Waals surface area contributed by atoms with Crippen molar-refractivity contribution in [3.8, 4) is 0 Å². The van der Waals surface area contributed by atoms with Crippen LogP contribution in [0.4, 0.5) is 0 Å². The van der Waals surface area contributed by atoms with Gasteiger partial charge in [0.2, 0.25) is 10.0 Å². The topological polar surface area (TPSA) is 116 Å². The third-order valence-electron chi connectivity index (χ3n) is 3.74. The highest BCUT2D eigenvalue weighted by Crippen LogP contribution is 2.15. The minimum Gasteiger partial charge on any atom is -0.452 e. The Hall–Kier alpha value is -2.42. The largest absolute Gasteiger partial charge is 0.452 e. The van der Waals surface area contributed by atoms with Crippen LogP contribution in [0.1, 0.15) is 21.5 Å². The van der Waals surface area contributed by atoms with E-state index in [1.54, 1.807) is 19.1 Å². The molecule has 27 heavy (non-hydrogen) atoms. The van der Waals surface area contributed by atoms with Crippen molar-refractivity contribution in [3.05, 3.63) is 64.2 Å². The highest BCUT2D eigenvalue weighted by molar-refractivity contribution is 7.89. The van der Waals surface area contributed by atoms with E-state index in [0.29, 0.717) is 23.6 Å². The molecular weight excluding hydrogens is 392 g/mol. The predicted octanol–water partition coefficient (Wildman–Crippen LogP) is 1.81. The van der Waals surface area contributed by atoms with Crippen LogP contribution in [0.25, 0.3) is 0 Å². The molecule has 0 aromatic heterocycles. The number of primary sulfonamides is 1. The molecule has 2 aromatic carbocycles. The summed E-state index contributed by atoms with van der Waals surface area (Å²) in [7, 11) is -3.94. The van der Waals surface area contributed by atoms with Gasteiger partial charge in [-0.1, -0.05) is 29.8 Å². The van der Waals surface area contributed by atoms with Crippen LogP contribution in [-0.4, -0.2) is 33.4 Å². The molecule has 9 heteroatoms. The van der Waals surface area contributed by atoms with Gasteiger partial charge >= 0.3 is 5.97 Å². The first-order chi connectivity index (χ1) is 12.7. The van der Waals surface area contributed by atoms with E-state index in [1.807, 2.05) is 12.1 Å². The molecule has 0 aliphatic rings. The molecule has 0 spiro atoms. The van der Waals surface area contributed by atoms with Gasteiger partial charge in [0.25, 0.3) is 5.91 Å². The van der Waals surface area contributed by atoms with E-state index in [0.717, 1.165) is 11.6 Å². The van der Waals surface area contributed by atoms with Gasteiger partial charge in [0.15, 0.2) is 6.61 Å². The van der Waals surface area contributed by atoms with Crippen molar-refractivity contribution < 1.29 is 22.7 Å². The van der Waals surface area contributed by atoms with Gasteiger partial charge in [-0.25, -0.2) is 18.4 Å². The minimum absolute atomic E-state index is 0.0375. The number of rotatable bonds is 7.